The second-order valence-corrected chi connectivity index (χ2v) is 6.04. The van der Waals surface area contributed by atoms with Gasteiger partial charge in [0.1, 0.15) is 11.5 Å². The van der Waals surface area contributed by atoms with Crippen LogP contribution in [0.25, 0.3) is 0 Å². The Labute approximate surface area is 171 Å². The minimum atomic E-state index is -1.01. The van der Waals surface area contributed by atoms with E-state index >= 15 is 0 Å². The zero-order valence-corrected chi connectivity index (χ0v) is 16.4. The topological polar surface area (TPSA) is 101 Å². The molecule has 2 amide bonds. The van der Waals surface area contributed by atoms with Crippen LogP contribution in [0.5, 0.6) is 11.5 Å². The van der Waals surface area contributed by atoms with Crippen LogP contribution >= 0.6 is 23.2 Å². The third-order valence-electron chi connectivity index (χ3n) is 3.33. The first-order valence-corrected chi connectivity index (χ1v) is 8.53. The van der Waals surface area contributed by atoms with Crippen LogP contribution in [0.3, 0.4) is 0 Å². The van der Waals surface area contributed by atoms with Gasteiger partial charge in [-0.2, -0.15) is 10.2 Å². The van der Waals surface area contributed by atoms with Gasteiger partial charge >= 0.3 is 11.8 Å². The molecule has 0 unspecified atom stereocenters. The Morgan fingerprint density at radius 3 is 1.57 bits per heavy atom. The van der Waals surface area contributed by atoms with Gasteiger partial charge in [0.25, 0.3) is 0 Å². The molecule has 0 atom stereocenters. The SMILES string of the molecule is COc1ccc(Cl)cc1C=NNC(=O)C(=O)N/N=C/c1cc(Cl)ccc1OC. The number of rotatable bonds is 6. The maximum atomic E-state index is 11.8. The fourth-order valence-corrected chi connectivity index (χ4v) is 2.40. The van der Waals surface area contributed by atoms with Gasteiger partial charge in [0, 0.05) is 21.2 Å². The summed E-state index contributed by atoms with van der Waals surface area (Å²) >= 11 is 11.8. The van der Waals surface area contributed by atoms with E-state index in [9.17, 15) is 9.59 Å². The van der Waals surface area contributed by atoms with Crippen molar-refractivity contribution in [1.29, 1.82) is 0 Å². The molecular formula is C18H16Cl2N4O4. The first-order valence-electron chi connectivity index (χ1n) is 7.78. The molecule has 10 heteroatoms. The van der Waals surface area contributed by atoms with Crippen LogP contribution in [0.15, 0.2) is 46.6 Å². The minimum Gasteiger partial charge on any atom is -0.496 e. The predicted molar refractivity (Wildman–Crippen MR) is 107 cm³/mol. The lowest BCUT2D eigenvalue weighted by Crippen LogP contribution is -2.35. The molecule has 0 heterocycles. The van der Waals surface area contributed by atoms with Gasteiger partial charge < -0.3 is 9.47 Å². The summed E-state index contributed by atoms with van der Waals surface area (Å²) in [5.74, 6) is -1.00. The molecule has 2 aromatic rings. The Balaban J connectivity index is 1.94. The van der Waals surface area contributed by atoms with E-state index in [0.29, 0.717) is 32.7 Å². The number of amides is 2. The highest BCUT2D eigenvalue weighted by molar-refractivity contribution is 6.35. The fourth-order valence-electron chi connectivity index (χ4n) is 2.03. The van der Waals surface area contributed by atoms with Gasteiger partial charge in [-0.05, 0) is 36.4 Å². The van der Waals surface area contributed by atoms with Crippen molar-refractivity contribution in [1.82, 2.24) is 10.9 Å². The maximum Gasteiger partial charge on any atom is 0.331 e. The van der Waals surface area contributed by atoms with Crippen molar-refractivity contribution >= 4 is 47.4 Å². The molecule has 0 fully saturated rings. The van der Waals surface area contributed by atoms with E-state index in [-0.39, 0.29) is 0 Å². The standard InChI is InChI=1S/C18H16Cl2N4O4/c1-27-15-5-3-13(19)7-11(15)9-21-23-17(25)18(26)24-22-10-12-8-14(20)4-6-16(12)28-2/h3-10H,1-2H3,(H,23,25)(H,24,26)/b21-9+,22-10?. The Hall–Kier alpha value is -3.10. The molecule has 2 rings (SSSR count). The van der Waals surface area contributed by atoms with E-state index < -0.39 is 11.8 Å². The number of methoxy groups -OCH3 is 2. The fraction of sp³-hybridized carbons (Fsp3) is 0.111. The van der Waals surface area contributed by atoms with Crippen LogP contribution in [-0.4, -0.2) is 38.5 Å². The van der Waals surface area contributed by atoms with Gasteiger partial charge in [0.2, 0.25) is 0 Å². The maximum absolute atomic E-state index is 11.8. The number of benzene rings is 2. The van der Waals surface area contributed by atoms with E-state index in [1.54, 1.807) is 36.4 Å². The van der Waals surface area contributed by atoms with Crippen molar-refractivity contribution in [2.45, 2.75) is 0 Å². The number of nitrogens with zero attached hydrogens (tertiary/aromatic N) is 2. The van der Waals surface area contributed by atoms with Gasteiger partial charge in [-0.15, -0.1) is 0 Å². The van der Waals surface area contributed by atoms with E-state index in [0.717, 1.165) is 0 Å². The summed E-state index contributed by atoms with van der Waals surface area (Å²) in [6.45, 7) is 0. The molecule has 2 aromatic carbocycles. The Bertz CT molecular complexity index is 856. The molecule has 0 aliphatic heterocycles. The molecule has 28 heavy (non-hydrogen) atoms. The van der Waals surface area contributed by atoms with Crippen molar-refractivity contribution in [2.75, 3.05) is 14.2 Å². The molecule has 146 valence electrons. The lowest BCUT2D eigenvalue weighted by Gasteiger charge is -2.05. The van der Waals surface area contributed by atoms with Crippen LogP contribution in [0.1, 0.15) is 11.1 Å². The molecule has 0 saturated heterocycles. The summed E-state index contributed by atoms with van der Waals surface area (Å²) in [5.41, 5.74) is 5.22. The highest BCUT2D eigenvalue weighted by Crippen LogP contribution is 2.21. The van der Waals surface area contributed by atoms with Crippen molar-refractivity contribution in [3.8, 4) is 11.5 Å². The van der Waals surface area contributed by atoms with Gasteiger partial charge in [-0.3, -0.25) is 9.59 Å². The molecule has 0 aliphatic carbocycles. The van der Waals surface area contributed by atoms with E-state index in [1.807, 2.05) is 0 Å². The van der Waals surface area contributed by atoms with Crippen LogP contribution in [0.4, 0.5) is 0 Å². The number of hydrogen-bond acceptors (Lipinski definition) is 6. The van der Waals surface area contributed by atoms with E-state index in [2.05, 4.69) is 21.1 Å². The summed E-state index contributed by atoms with van der Waals surface area (Å²) in [7, 11) is 2.97. The van der Waals surface area contributed by atoms with Crippen LogP contribution in [0, 0.1) is 0 Å². The first kappa shape index (κ1) is 21.2. The molecule has 0 radical (unpaired) electrons. The molecule has 0 aromatic heterocycles. The van der Waals surface area contributed by atoms with E-state index in [1.165, 1.54) is 26.6 Å². The lowest BCUT2D eigenvalue weighted by molar-refractivity contribution is -0.139. The highest BCUT2D eigenvalue weighted by Gasteiger charge is 2.11. The summed E-state index contributed by atoms with van der Waals surface area (Å²) in [4.78, 5) is 23.5. The average Bonchev–Trinajstić information content (AvgIpc) is 2.68. The Morgan fingerprint density at radius 1 is 0.821 bits per heavy atom. The number of halogens is 2. The average molecular weight is 423 g/mol. The monoisotopic (exact) mass is 422 g/mol. The number of hydrogen-bond donors (Lipinski definition) is 2. The minimum absolute atomic E-state index is 0.470. The number of ether oxygens (including phenoxy) is 2. The predicted octanol–water partition coefficient (Wildman–Crippen LogP) is 2.61. The van der Waals surface area contributed by atoms with Gasteiger partial charge in [0.05, 0.1) is 26.6 Å². The normalized spacial score (nSPS) is 10.9. The first-order chi connectivity index (χ1) is 13.4. The van der Waals surface area contributed by atoms with Crippen molar-refractivity contribution in [2.24, 2.45) is 10.2 Å². The third kappa shape index (κ3) is 5.97. The lowest BCUT2D eigenvalue weighted by atomic mass is 10.2. The molecule has 8 nitrogen and oxygen atoms in total. The number of hydrazone groups is 2. The quantitative estimate of drug-likeness (QED) is 0.424. The molecule has 0 spiro atoms. The molecular weight excluding hydrogens is 407 g/mol. The zero-order valence-electron chi connectivity index (χ0n) is 14.9. The molecule has 0 saturated carbocycles. The van der Waals surface area contributed by atoms with Crippen molar-refractivity contribution in [3.05, 3.63) is 57.6 Å². The van der Waals surface area contributed by atoms with Gasteiger partial charge in [0.15, 0.2) is 0 Å². The third-order valence-corrected chi connectivity index (χ3v) is 3.80. The van der Waals surface area contributed by atoms with Crippen molar-refractivity contribution < 1.29 is 19.1 Å². The highest BCUT2D eigenvalue weighted by atomic mass is 35.5. The Kier molecular flexibility index (Phi) is 7.79. The van der Waals surface area contributed by atoms with Crippen LogP contribution in [-0.2, 0) is 9.59 Å². The number of nitrogens with one attached hydrogen (secondary N) is 2. The summed E-state index contributed by atoms with van der Waals surface area (Å²) < 4.78 is 10.3. The molecule has 2 N–H and O–H groups in total. The summed E-state index contributed by atoms with van der Waals surface area (Å²) in [5, 5.41) is 8.35. The van der Waals surface area contributed by atoms with Gasteiger partial charge in [-0.1, -0.05) is 23.2 Å². The Morgan fingerprint density at radius 2 is 1.21 bits per heavy atom. The molecule has 0 aliphatic rings. The second kappa shape index (κ2) is 10.3. The van der Waals surface area contributed by atoms with Crippen LogP contribution < -0.4 is 20.3 Å². The van der Waals surface area contributed by atoms with Crippen molar-refractivity contribution in [3.63, 3.8) is 0 Å². The zero-order chi connectivity index (χ0) is 20.5. The second-order valence-electron chi connectivity index (χ2n) is 5.17. The number of carbonyl (C=O) groups is 2. The largest absolute Gasteiger partial charge is 0.496 e. The summed E-state index contributed by atoms with van der Waals surface area (Å²) in [6, 6.07) is 9.79. The number of carbonyl (C=O) groups excluding carboxylic acids is 2. The van der Waals surface area contributed by atoms with E-state index in [4.69, 9.17) is 32.7 Å². The molecule has 0 bridgehead atoms. The summed E-state index contributed by atoms with van der Waals surface area (Å²) in [6.07, 6.45) is 2.60. The van der Waals surface area contributed by atoms with Crippen LogP contribution in [0.2, 0.25) is 10.0 Å². The smallest absolute Gasteiger partial charge is 0.331 e. The van der Waals surface area contributed by atoms with Gasteiger partial charge in [-0.25, -0.2) is 10.9 Å².